The molecule has 164 valence electrons. The van der Waals surface area contributed by atoms with E-state index in [0.717, 1.165) is 12.8 Å². The smallest absolute Gasteiger partial charge is 0.377 e. The topological polar surface area (TPSA) is 71.1 Å². The van der Waals surface area contributed by atoms with Crippen molar-refractivity contribution in [1.82, 2.24) is 0 Å². The van der Waals surface area contributed by atoms with Crippen LogP contribution in [0.3, 0.4) is 0 Å². The minimum absolute atomic E-state index is 0.0477. The van der Waals surface area contributed by atoms with Crippen LogP contribution in [0.2, 0.25) is 0 Å². The van der Waals surface area contributed by atoms with Crippen molar-refractivity contribution in [2.45, 2.75) is 76.8 Å². The van der Waals surface area contributed by atoms with Gasteiger partial charge in [0.25, 0.3) is 0 Å². The van der Waals surface area contributed by atoms with Gasteiger partial charge in [-0.15, -0.1) is 0 Å². The Kier molecular flexibility index (Phi) is 6.34. The molecule has 0 saturated heterocycles. The molecule has 0 spiro atoms. The highest BCUT2D eigenvalue weighted by Crippen LogP contribution is 2.58. The molecule has 4 saturated carbocycles. The molecule has 4 rings (SSSR count). The summed E-state index contributed by atoms with van der Waals surface area (Å²) in [6.07, 6.45) is 3.13. The number of esters is 2. The number of halogens is 2. The fourth-order valence-electron chi connectivity index (χ4n) is 5.27. The van der Waals surface area contributed by atoms with Gasteiger partial charge in [-0.2, -0.15) is 8.78 Å². The lowest BCUT2D eigenvalue weighted by atomic mass is 9.53. The van der Waals surface area contributed by atoms with Crippen molar-refractivity contribution in [2.24, 2.45) is 17.8 Å². The van der Waals surface area contributed by atoms with Gasteiger partial charge in [0.1, 0.15) is 12.2 Å². The van der Waals surface area contributed by atoms with Gasteiger partial charge in [0.05, 0.1) is 12.7 Å². The van der Waals surface area contributed by atoms with E-state index in [2.05, 4.69) is 6.58 Å². The molecular weight excluding hydrogens is 386 g/mol. The Morgan fingerprint density at radius 2 is 1.79 bits per heavy atom. The second-order valence-corrected chi connectivity index (χ2v) is 8.89. The largest absolute Gasteiger partial charge is 0.460 e. The van der Waals surface area contributed by atoms with E-state index >= 15 is 0 Å². The molecule has 0 aromatic carbocycles. The van der Waals surface area contributed by atoms with Crippen molar-refractivity contribution in [3.8, 4) is 0 Å². The first-order valence-electron chi connectivity index (χ1n) is 10.2. The lowest BCUT2D eigenvalue weighted by molar-refractivity contribution is -0.256. The zero-order chi connectivity index (χ0) is 21.4. The molecule has 0 aromatic rings. The summed E-state index contributed by atoms with van der Waals surface area (Å²) in [5.74, 6) is -4.67. The van der Waals surface area contributed by atoms with Crippen molar-refractivity contribution in [3.05, 3.63) is 12.2 Å². The van der Waals surface area contributed by atoms with Crippen LogP contribution in [-0.4, -0.2) is 49.1 Å². The Balaban J connectivity index is 1.50. The van der Waals surface area contributed by atoms with E-state index in [1.165, 1.54) is 0 Å². The Labute approximate surface area is 169 Å². The number of carbonyl (C=O) groups is 2. The third kappa shape index (κ3) is 5.15. The monoisotopic (exact) mass is 416 g/mol. The summed E-state index contributed by atoms with van der Waals surface area (Å²) < 4.78 is 48.8. The fourth-order valence-corrected chi connectivity index (χ4v) is 5.27. The molecule has 0 aliphatic heterocycles. The standard InChI is InChI=1S/C21H30F2O6/c1-12(2)18(24)27-6-5-26-13(3)28-17-15-7-14-8-16(17)11-21(9-14,10-15)29-19(25)20(4,22)23/h13-17H,1,5-11H2,2-4H3. The van der Waals surface area contributed by atoms with Crippen LogP contribution < -0.4 is 0 Å². The van der Waals surface area contributed by atoms with E-state index < -0.39 is 29.8 Å². The summed E-state index contributed by atoms with van der Waals surface area (Å²) in [7, 11) is 0. The van der Waals surface area contributed by atoms with Crippen LogP contribution in [0, 0.1) is 17.8 Å². The zero-order valence-electron chi connectivity index (χ0n) is 17.2. The third-order valence-corrected chi connectivity index (χ3v) is 6.16. The van der Waals surface area contributed by atoms with Gasteiger partial charge in [0.15, 0.2) is 6.29 Å². The molecule has 29 heavy (non-hydrogen) atoms. The van der Waals surface area contributed by atoms with Gasteiger partial charge in [-0.3, -0.25) is 0 Å². The summed E-state index contributed by atoms with van der Waals surface area (Å²) in [4.78, 5) is 23.1. The lowest BCUT2D eigenvalue weighted by Gasteiger charge is -2.59. The van der Waals surface area contributed by atoms with Crippen LogP contribution in [0.5, 0.6) is 0 Å². The Hall–Kier alpha value is -1.54. The van der Waals surface area contributed by atoms with Gasteiger partial charge in [-0.05, 0) is 63.7 Å². The van der Waals surface area contributed by atoms with Gasteiger partial charge in [-0.1, -0.05) is 6.58 Å². The molecule has 4 bridgehead atoms. The van der Waals surface area contributed by atoms with Crippen molar-refractivity contribution in [1.29, 1.82) is 0 Å². The lowest BCUT2D eigenvalue weighted by Crippen LogP contribution is -2.60. The maximum Gasteiger partial charge on any atom is 0.377 e. The van der Waals surface area contributed by atoms with E-state index in [9.17, 15) is 18.4 Å². The van der Waals surface area contributed by atoms with Gasteiger partial charge >= 0.3 is 17.9 Å². The van der Waals surface area contributed by atoms with E-state index in [-0.39, 0.29) is 31.2 Å². The van der Waals surface area contributed by atoms with Gasteiger partial charge in [-0.25, -0.2) is 9.59 Å². The molecule has 0 aromatic heterocycles. The molecule has 6 nitrogen and oxygen atoms in total. The number of ether oxygens (including phenoxy) is 4. The third-order valence-electron chi connectivity index (χ3n) is 6.16. The summed E-state index contributed by atoms with van der Waals surface area (Å²) in [6, 6.07) is 0. The van der Waals surface area contributed by atoms with Gasteiger partial charge in [0, 0.05) is 12.5 Å². The van der Waals surface area contributed by atoms with Crippen LogP contribution in [-0.2, 0) is 28.5 Å². The summed E-state index contributed by atoms with van der Waals surface area (Å²) in [5, 5.41) is 0. The highest BCUT2D eigenvalue weighted by molar-refractivity contribution is 5.86. The van der Waals surface area contributed by atoms with Crippen LogP contribution in [0.1, 0.15) is 52.9 Å². The molecule has 4 aliphatic carbocycles. The molecule has 8 heteroatoms. The van der Waals surface area contributed by atoms with Crippen LogP contribution in [0.25, 0.3) is 0 Å². The quantitative estimate of drug-likeness (QED) is 0.247. The van der Waals surface area contributed by atoms with E-state index in [1.807, 2.05) is 0 Å². The number of carbonyl (C=O) groups excluding carboxylic acids is 2. The molecular formula is C21H30F2O6. The van der Waals surface area contributed by atoms with Gasteiger partial charge < -0.3 is 18.9 Å². The Morgan fingerprint density at radius 1 is 1.17 bits per heavy atom. The van der Waals surface area contributed by atoms with E-state index in [0.29, 0.717) is 37.7 Å². The second-order valence-electron chi connectivity index (χ2n) is 8.89. The van der Waals surface area contributed by atoms with Gasteiger partial charge in [0.2, 0.25) is 0 Å². The first-order chi connectivity index (χ1) is 13.5. The Morgan fingerprint density at radius 3 is 2.34 bits per heavy atom. The highest BCUT2D eigenvalue weighted by Gasteiger charge is 2.59. The number of hydrogen-bond acceptors (Lipinski definition) is 6. The molecule has 4 aliphatic rings. The number of hydrogen-bond donors (Lipinski definition) is 0. The highest BCUT2D eigenvalue weighted by atomic mass is 19.3. The maximum absolute atomic E-state index is 13.3. The normalized spacial score (nSPS) is 34.0. The Bertz CT molecular complexity index is 642. The predicted molar refractivity (Wildman–Crippen MR) is 99.1 cm³/mol. The summed E-state index contributed by atoms with van der Waals surface area (Å²) in [5.41, 5.74) is -0.452. The first-order valence-corrected chi connectivity index (χ1v) is 10.2. The molecule has 0 heterocycles. The molecule has 3 atom stereocenters. The molecule has 0 N–H and O–H groups in total. The van der Waals surface area contributed by atoms with Crippen molar-refractivity contribution in [2.75, 3.05) is 13.2 Å². The first kappa shape index (κ1) is 22.2. The second kappa shape index (κ2) is 8.30. The average Bonchev–Trinajstić information content (AvgIpc) is 2.59. The van der Waals surface area contributed by atoms with Crippen LogP contribution >= 0.6 is 0 Å². The minimum Gasteiger partial charge on any atom is -0.460 e. The fraction of sp³-hybridized carbons (Fsp3) is 0.810. The molecule has 4 fully saturated rings. The van der Waals surface area contributed by atoms with Crippen molar-refractivity contribution in [3.63, 3.8) is 0 Å². The average molecular weight is 416 g/mol. The predicted octanol–water partition coefficient (Wildman–Crippen LogP) is 3.63. The van der Waals surface area contributed by atoms with E-state index in [1.54, 1.807) is 13.8 Å². The van der Waals surface area contributed by atoms with Crippen LogP contribution in [0.15, 0.2) is 12.2 Å². The molecule has 3 unspecified atom stereocenters. The molecule has 0 radical (unpaired) electrons. The summed E-state index contributed by atoms with van der Waals surface area (Å²) >= 11 is 0. The number of rotatable bonds is 9. The number of alkyl halides is 2. The molecule has 0 amide bonds. The van der Waals surface area contributed by atoms with E-state index in [4.69, 9.17) is 18.9 Å². The SMILES string of the molecule is C=C(C)C(=O)OCCOC(C)OC1C2CC3CC1CC(OC(=O)C(C)(F)F)(C3)C2. The summed E-state index contributed by atoms with van der Waals surface area (Å²) in [6.45, 7) is 7.78. The van der Waals surface area contributed by atoms with Crippen LogP contribution in [0.4, 0.5) is 8.78 Å². The van der Waals surface area contributed by atoms with Crippen molar-refractivity contribution < 1.29 is 37.3 Å². The zero-order valence-corrected chi connectivity index (χ0v) is 17.2. The van der Waals surface area contributed by atoms with Crippen molar-refractivity contribution >= 4 is 11.9 Å². The minimum atomic E-state index is -3.48. The maximum atomic E-state index is 13.3.